The lowest BCUT2D eigenvalue weighted by atomic mass is 10.1. The summed E-state index contributed by atoms with van der Waals surface area (Å²) in [5, 5.41) is 3.35. The van der Waals surface area contributed by atoms with Gasteiger partial charge in [-0.15, -0.1) is 0 Å². The van der Waals surface area contributed by atoms with Gasteiger partial charge in [0.2, 0.25) is 0 Å². The van der Waals surface area contributed by atoms with Gasteiger partial charge in [-0.3, -0.25) is 0 Å². The van der Waals surface area contributed by atoms with Crippen molar-refractivity contribution < 1.29 is 9.15 Å². The average molecular weight is 224 g/mol. The van der Waals surface area contributed by atoms with Crippen LogP contribution in [-0.2, 0) is 11.2 Å². The average Bonchev–Trinajstić information content (AvgIpc) is 2.85. The molecule has 1 aliphatic heterocycles. The van der Waals surface area contributed by atoms with Crippen LogP contribution >= 0.6 is 0 Å². The molecule has 1 fully saturated rings. The number of aromatic nitrogens is 1. The van der Waals surface area contributed by atoms with Crippen LogP contribution in [0.5, 0.6) is 0 Å². The van der Waals surface area contributed by atoms with Crippen LogP contribution in [0.25, 0.3) is 0 Å². The first-order valence-electron chi connectivity index (χ1n) is 6.01. The third kappa shape index (κ3) is 3.06. The van der Waals surface area contributed by atoms with E-state index in [9.17, 15) is 0 Å². The van der Waals surface area contributed by atoms with Crippen LogP contribution in [0.15, 0.2) is 10.6 Å². The minimum atomic E-state index is 0.416. The van der Waals surface area contributed by atoms with Crippen LogP contribution in [0.1, 0.15) is 37.8 Å². The highest BCUT2D eigenvalue weighted by Crippen LogP contribution is 2.25. The van der Waals surface area contributed by atoms with Crippen LogP contribution in [-0.4, -0.2) is 30.8 Å². The van der Waals surface area contributed by atoms with Crippen molar-refractivity contribution in [2.75, 3.05) is 19.8 Å². The number of rotatable bonds is 5. The maximum atomic E-state index is 5.72. The van der Waals surface area contributed by atoms with Crippen molar-refractivity contribution in [3.63, 3.8) is 0 Å². The van der Waals surface area contributed by atoms with E-state index in [-0.39, 0.29) is 0 Å². The van der Waals surface area contributed by atoms with E-state index in [2.05, 4.69) is 24.1 Å². The van der Waals surface area contributed by atoms with E-state index < -0.39 is 0 Å². The fourth-order valence-electron chi connectivity index (χ4n) is 1.86. The second kappa shape index (κ2) is 5.46. The zero-order chi connectivity index (χ0) is 11.4. The topological polar surface area (TPSA) is 47.3 Å². The van der Waals surface area contributed by atoms with Gasteiger partial charge in [0, 0.05) is 31.5 Å². The first-order valence-corrected chi connectivity index (χ1v) is 6.01. The molecule has 4 heteroatoms. The number of oxazole rings is 1. The number of hydrogen-bond acceptors (Lipinski definition) is 4. The lowest BCUT2D eigenvalue weighted by molar-refractivity contribution is 0.191. The summed E-state index contributed by atoms with van der Waals surface area (Å²) in [6.07, 6.45) is 3.76. The lowest BCUT2D eigenvalue weighted by Gasteiger charge is -2.05. The third-order valence-electron chi connectivity index (χ3n) is 2.79. The first-order chi connectivity index (χ1) is 7.75. The second-order valence-electron chi connectivity index (χ2n) is 4.58. The van der Waals surface area contributed by atoms with Gasteiger partial charge in [-0.05, 0) is 6.42 Å². The Morgan fingerprint density at radius 3 is 3.12 bits per heavy atom. The molecule has 0 saturated carbocycles. The van der Waals surface area contributed by atoms with Gasteiger partial charge in [0.15, 0.2) is 5.89 Å². The summed E-state index contributed by atoms with van der Waals surface area (Å²) in [5.74, 6) is 2.23. The molecule has 0 aromatic carbocycles. The molecule has 90 valence electrons. The van der Waals surface area contributed by atoms with Gasteiger partial charge in [-0.25, -0.2) is 4.98 Å². The molecule has 1 unspecified atom stereocenters. The molecule has 1 aromatic heterocycles. The third-order valence-corrected chi connectivity index (χ3v) is 2.79. The van der Waals surface area contributed by atoms with E-state index >= 15 is 0 Å². The van der Waals surface area contributed by atoms with Crippen LogP contribution in [0.2, 0.25) is 0 Å². The van der Waals surface area contributed by atoms with E-state index in [0.29, 0.717) is 12.0 Å². The standard InChI is InChI=1S/C12H20N2O2/c1-9(2)13-5-3-12-14-7-11(16-12)10-4-6-15-8-10/h7,9-10,13H,3-6,8H2,1-2H3. The smallest absolute Gasteiger partial charge is 0.195 e. The van der Waals surface area contributed by atoms with Crippen LogP contribution in [0.4, 0.5) is 0 Å². The van der Waals surface area contributed by atoms with Gasteiger partial charge in [0.1, 0.15) is 5.76 Å². The van der Waals surface area contributed by atoms with E-state index in [1.807, 2.05) is 6.20 Å². The zero-order valence-corrected chi connectivity index (χ0v) is 10.0. The Bertz CT molecular complexity index is 317. The maximum Gasteiger partial charge on any atom is 0.195 e. The Hall–Kier alpha value is -0.870. The Balaban J connectivity index is 1.82. The molecule has 1 saturated heterocycles. The van der Waals surface area contributed by atoms with Crippen LogP contribution < -0.4 is 5.32 Å². The summed E-state index contributed by atoms with van der Waals surface area (Å²) in [7, 11) is 0. The Kier molecular flexibility index (Phi) is 3.96. The molecule has 1 atom stereocenters. The summed E-state index contributed by atoms with van der Waals surface area (Å²) < 4.78 is 11.1. The fourth-order valence-corrected chi connectivity index (χ4v) is 1.86. The summed E-state index contributed by atoms with van der Waals surface area (Å²) >= 11 is 0. The van der Waals surface area contributed by atoms with Gasteiger partial charge in [-0.1, -0.05) is 13.8 Å². The summed E-state index contributed by atoms with van der Waals surface area (Å²) in [4.78, 5) is 4.30. The highest BCUT2D eigenvalue weighted by molar-refractivity contribution is 5.03. The lowest BCUT2D eigenvalue weighted by Crippen LogP contribution is -2.24. The molecule has 0 radical (unpaired) electrons. The molecule has 2 rings (SSSR count). The van der Waals surface area contributed by atoms with Gasteiger partial charge in [-0.2, -0.15) is 0 Å². The molecule has 1 aromatic rings. The number of nitrogens with one attached hydrogen (secondary N) is 1. The fraction of sp³-hybridized carbons (Fsp3) is 0.750. The normalized spacial score (nSPS) is 20.8. The predicted octanol–water partition coefficient (Wildman–Crippen LogP) is 1.72. The second-order valence-corrected chi connectivity index (χ2v) is 4.58. The molecule has 0 amide bonds. The van der Waals surface area contributed by atoms with Crippen LogP contribution in [0.3, 0.4) is 0 Å². The summed E-state index contributed by atoms with van der Waals surface area (Å²) in [6.45, 7) is 6.81. The highest BCUT2D eigenvalue weighted by atomic mass is 16.5. The predicted molar refractivity (Wildman–Crippen MR) is 61.5 cm³/mol. The number of ether oxygens (including phenoxy) is 1. The summed E-state index contributed by atoms with van der Waals surface area (Å²) in [6, 6.07) is 0.512. The SMILES string of the molecule is CC(C)NCCc1ncc(C2CCOC2)o1. The molecule has 4 nitrogen and oxygen atoms in total. The minimum absolute atomic E-state index is 0.416. The Labute approximate surface area is 96.4 Å². The van der Waals surface area contributed by atoms with Crippen molar-refractivity contribution in [3.05, 3.63) is 17.8 Å². The van der Waals surface area contributed by atoms with Crippen molar-refractivity contribution in [2.24, 2.45) is 0 Å². The first kappa shape index (κ1) is 11.6. The molecule has 16 heavy (non-hydrogen) atoms. The molecule has 2 heterocycles. The number of nitrogens with zero attached hydrogens (tertiary/aromatic N) is 1. The van der Waals surface area contributed by atoms with Gasteiger partial charge in [0.05, 0.1) is 12.8 Å². The van der Waals surface area contributed by atoms with Crippen molar-refractivity contribution in [1.29, 1.82) is 0 Å². The zero-order valence-electron chi connectivity index (χ0n) is 10.0. The Morgan fingerprint density at radius 2 is 2.44 bits per heavy atom. The summed E-state index contributed by atoms with van der Waals surface area (Å²) in [5.41, 5.74) is 0. The van der Waals surface area contributed by atoms with E-state index in [0.717, 1.165) is 44.3 Å². The molecule has 1 N–H and O–H groups in total. The largest absolute Gasteiger partial charge is 0.445 e. The maximum absolute atomic E-state index is 5.72. The van der Waals surface area contributed by atoms with Crippen molar-refractivity contribution in [3.8, 4) is 0 Å². The quantitative estimate of drug-likeness (QED) is 0.827. The molecule has 0 bridgehead atoms. The van der Waals surface area contributed by atoms with Crippen molar-refractivity contribution in [1.82, 2.24) is 10.3 Å². The van der Waals surface area contributed by atoms with Crippen molar-refractivity contribution >= 4 is 0 Å². The van der Waals surface area contributed by atoms with Gasteiger partial charge >= 0.3 is 0 Å². The highest BCUT2D eigenvalue weighted by Gasteiger charge is 2.21. The van der Waals surface area contributed by atoms with Gasteiger partial charge in [0.25, 0.3) is 0 Å². The van der Waals surface area contributed by atoms with Crippen molar-refractivity contribution in [2.45, 2.75) is 38.6 Å². The molecule has 0 aliphatic carbocycles. The molecule has 1 aliphatic rings. The van der Waals surface area contributed by atoms with Gasteiger partial charge < -0.3 is 14.5 Å². The van der Waals surface area contributed by atoms with E-state index in [1.54, 1.807) is 0 Å². The van der Waals surface area contributed by atoms with E-state index in [1.165, 1.54) is 0 Å². The Morgan fingerprint density at radius 1 is 1.56 bits per heavy atom. The molecule has 0 spiro atoms. The van der Waals surface area contributed by atoms with Crippen LogP contribution in [0, 0.1) is 0 Å². The monoisotopic (exact) mass is 224 g/mol. The minimum Gasteiger partial charge on any atom is -0.445 e. The molecular formula is C12H20N2O2. The number of hydrogen-bond donors (Lipinski definition) is 1. The van der Waals surface area contributed by atoms with E-state index in [4.69, 9.17) is 9.15 Å². The molecular weight excluding hydrogens is 204 g/mol.